The van der Waals surface area contributed by atoms with Gasteiger partial charge in [0.2, 0.25) is 0 Å². The Kier molecular flexibility index (Phi) is 5.00. The third-order valence-electron chi connectivity index (χ3n) is 6.63. The maximum atomic E-state index is 11.8. The van der Waals surface area contributed by atoms with Gasteiger partial charge in [0.1, 0.15) is 0 Å². The third-order valence-corrected chi connectivity index (χ3v) is 11.1. The van der Waals surface area contributed by atoms with Crippen LogP contribution < -0.4 is 0 Å². The topological polar surface area (TPSA) is 26.3 Å². The van der Waals surface area contributed by atoms with E-state index in [-0.39, 0.29) is 22.2 Å². The van der Waals surface area contributed by atoms with E-state index in [0.717, 1.165) is 25.9 Å². The molecule has 0 aromatic rings. The van der Waals surface area contributed by atoms with E-state index in [0.29, 0.717) is 12.3 Å². The van der Waals surface area contributed by atoms with Crippen molar-refractivity contribution in [1.82, 2.24) is 0 Å². The average Bonchev–Trinajstić information content (AvgIpc) is 2.44. The molecular formula is C20H32O2Si. The van der Waals surface area contributed by atoms with E-state index >= 15 is 0 Å². The number of carbonyl (C=O) groups is 1. The first-order chi connectivity index (χ1) is 10.5. The van der Waals surface area contributed by atoms with Gasteiger partial charge in [-0.2, -0.15) is 0 Å². The van der Waals surface area contributed by atoms with Gasteiger partial charge < -0.3 is 4.43 Å². The lowest BCUT2D eigenvalue weighted by molar-refractivity contribution is -0.116. The van der Waals surface area contributed by atoms with Gasteiger partial charge in [-0.05, 0) is 48.9 Å². The Bertz CT molecular complexity index is 547. The molecule has 3 atom stereocenters. The van der Waals surface area contributed by atoms with Gasteiger partial charge in [0.05, 0.1) is 0 Å². The van der Waals surface area contributed by atoms with Crippen molar-refractivity contribution in [2.75, 3.05) is 6.61 Å². The summed E-state index contributed by atoms with van der Waals surface area (Å²) < 4.78 is 6.54. The molecule has 2 aliphatic rings. The minimum absolute atomic E-state index is 0.0333. The maximum absolute atomic E-state index is 11.8. The highest BCUT2D eigenvalue weighted by Gasteiger charge is 2.48. The first kappa shape index (κ1) is 18.5. The number of fused-ring (bicyclic) bond motifs is 1. The molecule has 23 heavy (non-hydrogen) atoms. The van der Waals surface area contributed by atoms with Crippen molar-refractivity contribution in [3.05, 3.63) is 11.6 Å². The monoisotopic (exact) mass is 332 g/mol. The second-order valence-corrected chi connectivity index (χ2v) is 13.9. The first-order valence-corrected chi connectivity index (χ1v) is 11.8. The van der Waals surface area contributed by atoms with Crippen molar-refractivity contribution in [3.63, 3.8) is 0 Å². The highest BCUT2D eigenvalue weighted by Crippen LogP contribution is 2.53. The molecule has 0 aromatic carbocycles. The number of allylic oxidation sites excluding steroid dienone is 2. The van der Waals surface area contributed by atoms with Gasteiger partial charge in [-0.15, -0.1) is 12.3 Å². The molecule has 2 nitrogen and oxygen atoms in total. The molecule has 0 N–H and O–H groups in total. The molecule has 3 heteroatoms. The summed E-state index contributed by atoms with van der Waals surface area (Å²) in [5, 5.41) is 0.204. The number of hydrogen-bond acceptors (Lipinski definition) is 2. The highest BCUT2D eigenvalue weighted by molar-refractivity contribution is 6.74. The Balaban J connectivity index is 2.25. The number of ketones is 1. The summed E-state index contributed by atoms with van der Waals surface area (Å²) in [6.07, 6.45) is 11.3. The van der Waals surface area contributed by atoms with E-state index in [4.69, 9.17) is 10.8 Å². The van der Waals surface area contributed by atoms with Crippen LogP contribution in [0.3, 0.4) is 0 Å². The number of hydrogen-bond donors (Lipinski definition) is 0. The lowest BCUT2D eigenvalue weighted by Crippen LogP contribution is -2.48. The van der Waals surface area contributed by atoms with E-state index < -0.39 is 8.32 Å². The molecule has 2 rings (SSSR count). The molecule has 0 aromatic heterocycles. The van der Waals surface area contributed by atoms with E-state index in [1.807, 2.05) is 6.08 Å². The van der Waals surface area contributed by atoms with Crippen LogP contribution in [0.4, 0.5) is 0 Å². The van der Waals surface area contributed by atoms with Crippen LogP contribution in [0.1, 0.15) is 53.4 Å². The standard InChI is InChI=1S/C20H32O2Si/c1-8-15-9-10-16-13-17(21)11-12-20(16,5)18(15)14-22-23(6,7)19(2,3)4/h1,13,15,18H,9-12,14H2,2-7H3/t15-,18+,20+/m1/s1. The quantitative estimate of drug-likeness (QED) is 0.539. The first-order valence-electron chi connectivity index (χ1n) is 8.85. The third kappa shape index (κ3) is 3.49. The van der Waals surface area contributed by atoms with Crippen LogP contribution in [0.5, 0.6) is 0 Å². The molecule has 0 aliphatic heterocycles. The van der Waals surface area contributed by atoms with Crippen molar-refractivity contribution >= 4 is 14.1 Å². The highest BCUT2D eigenvalue weighted by atomic mass is 28.4. The Morgan fingerprint density at radius 2 is 2.04 bits per heavy atom. The smallest absolute Gasteiger partial charge is 0.191 e. The van der Waals surface area contributed by atoms with Crippen molar-refractivity contribution in [1.29, 1.82) is 0 Å². The molecule has 1 fully saturated rings. The minimum atomic E-state index is -1.79. The molecule has 0 bridgehead atoms. The largest absolute Gasteiger partial charge is 0.416 e. The van der Waals surface area contributed by atoms with Crippen molar-refractivity contribution in [2.24, 2.45) is 17.3 Å². The summed E-state index contributed by atoms with van der Waals surface area (Å²) in [5.41, 5.74) is 1.34. The van der Waals surface area contributed by atoms with Crippen LogP contribution in [0.2, 0.25) is 18.1 Å². The van der Waals surface area contributed by atoms with Crippen molar-refractivity contribution in [2.45, 2.75) is 71.5 Å². The van der Waals surface area contributed by atoms with Gasteiger partial charge in [-0.25, -0.2) is 0 Å². The van der Waals surface area contributed by atoms with Crippen LogP contribution in [0.25, 0.3) is 0 Å². The zero-order valence-corrected chi connectivity index (χ0v) is 16.7. The predicted molar refractivity (Wildman–Crippen MR) is 98.6 cm³/mol. The second kappa shape index (κ2) is 6.22. The SMILES string of the molecule is C#C[C@@H]1CCC2=CC(=O)CC[C@]2(C)[C@H]1CO[Si](C)(C)C(C)(C)C. The van der Waals surface area contributed by atoms with E-state index in [1.54, 1.807) is 0 Å². The molecular weight excluding hydrogens is 300 g/mol. The summed E-state index contributed by atoms with van der Waals surface area (Å²) >= 11 is 0. The maximum Gasteiger partial charge on any atom is 0.191 e. The van der Waals surface area contributed by atoms with Crippen LogP contribution in [0, 0.1) is 29.6 Å². The molecule has 0 saturated heterocycles. The van der Waals surface area contributed by atoms with Crippen LogP contribution in [-0.2, 0) is 9.22 Å². The number of rotatable bonds is 3. The molecule has 128 valence electrons. The molecule has 0 unspecified atom stereocenters. The van der Waals surface area contributed by atoms with Crippen molar-refractivity contribution < 1.29 is 9.22 Å². The summed E-state index contributed by atoms with van der Waals surface area (Å²) in [4.78, 5) is 11.8. The summed E-state index contributed by atoms with van der Waals surface area (Å²) in [5.74, 6) is 3.89. The fourth-order valence-electron chi connectivity index (χ4n) is 3.73. The molecule has 2 aliphatic carbocycles. The van der Waals surface area contributed by atoms with Gasteiger partial charge in [-0.3, -0.25) is 4.79 Å². The average molecular weight is 333 g/mol. The van der Waals surface area contributed by atoms with Gasteiger partial charge in [0.25, 0.3) is 0 Å². The minimum Gasteiger partial charge on any atom is -0.416 e. The molecule has 1 saturated carbocycles. The van der Waals surface area contributed by atoms with E-state index in [2.05, 4.69) is 46.7 Å². The Hall–Kier alpha value is -0.853. The molecule has 0 radical (unpaired) electrons. The fourth-order valence-corrected chi connectivity index (χ4v) is 4.76. The van der Waals surface area contributed by atoms with Gasteiger partial charge in [-0.1, -0.05) is 33.3 Å². The molecule has 0 spiro atoms. The Morgan fingerprint density at radius 1 is 1.39 bits per heavy atom. The molecule has 0 heterocycles. The summed E-state index contributed by atoms with van der Waals surface area (Å²) in [7, 11) is -1.79. The van der Waals surface area contributed by atoms with Crippen LogP contribution in [0.15, 0.2) is 11.6 Å². The number of terminal acetylenes is 1. The Morgan fingerprint density at radius 3 is 2.61 bits per heavy atom. The van der Waals surface area contributed by atoms with E-state index in [1.165, 1.54) is 5.57 Å². The zero-order chi connectivity index (χ0) is 17.5. The van der Waals surface area contributed by atoms with Crippen LogP contribution >= 0.6 is 0 Å². The predicted octanol–water partition coefficient (Wildman–Crippen LogP) is 4.96. The fraction of sp³-hybridized carbons (Fsp3) is 0.750. The van der Waals surface area contributed by atoms with Crippen LogP contribution in [-0.4, -0.2) is 20.7 Å². The van der Waals surface area contributed by atoms with E-state index in [9.17, 15) is 4.79 Å². The normalized spacial score (nSPS) is 32.0. The van der Waals surface area contributed by atoms with Crippen molar-refractivity contribution in [3.8, 4) is 12.3 Å². The number of carbonyl (C=O) groups excluding carboxylic acids is 1. The van der Waals surface area contributed by atoms with Gasteiger partial charge in [0.15, 0.2) is 14.1 Å². The Labute approximate surface area is 143 Å². The lowest BCUT2D eigenvalue weighted by Gasteiger charge is -2.49. The second-order valence-electron chi connectivity index (χ2n) is 9.04. The van der Waals surface area contributed by atoms with Gasteiger partial charge >= 0.3 is 0 Å². The zero-order valence-electron chi connectivity index (χ0n) is 15.7. The summed E-state index contributed by atoms with van der Waals surface area (Å²) in [6, 6.07) is 0. The molecule has 0 amide bonds. The van der Waals surface area contributed by atoms with Gasteiger partial charge in [0, 0.05) is 24.9 Å². The lowest BCUT2D eigenvalue weighted by atomic mass is 9.57. The summed E-state index contributed by atoms with van der Waals surface area (Å²) in [6.45, 7) is 14.4.